The molecular weight excluding hydrogens is 532 g/mol. The Kier molecular flexibility index (Phi) is 16.7. The van der Waals surface area contributed by atoms with E-state index in [9.17, 15) is 0 Å². The molecule has 0 saturated heterocycles. The van der Waals surface area contributed by atoms with Gasteiger partial charge in [-0.2, -0.15) is 48.4 Å². The van der Waals surface area contributed by atoms with Crippen LogP contribution in [0.15, 0.2) is 71.4 Å². The van der Waals surface area contributed by atoms with Crippen molar-refractivity contribution in [1.82, 2.24) is 0 Å². The Morgan fingerprint density at radius 1 is 0.743 bits per heavy atom. The van der Waals surface area contributed by atoms with Gasteiger partial charge in [-0.15, -0.1) is 0 Å². The van der Waals surface area contributed by atoms with E-state index >= 15 is 0 Å². The first kappa shape index (κ1) is 35.8. The quantitative estimate of drug-likeness (QED) is 0.144. The Balaban J connectivity index is 0. The van der Waals surface area contributed by atoms with E-state index in [1.54, 1.807) is 0 Å². The molecule has 0 aromatic heterocycles. The third-order valence-corrected chi connectivity index (χ3v) is 6.55. The summed E-state index contributed by atoms with van der Waals surface area (Å²) in [7, 11) is -3.03. The number of hydrogen-bond donors (Lipinski definition) is 0. The topological polar surface area (TPSA) is 0 Å². The van der Waals surface area contributed by atoms with Crippen LogP contribution in [-0.4, -0.2) is 16.1 Å². The zero-order chi connectivity index (χ0) is 26.5. The predicted octanol–water partition coefficient (Wildman–Crippen LogP) is 9.11. The molecule has 0 aliphatic carbocycles. The smallest absolute Gasteiger partial charge is 0.299 e. The molecule has 0 aliphatic rings. The van der Waals surface area contributed by atoms with Gasteiger partial charge in [0.25, 0.3) is 0 Å². The number of allylic oxidation sites excluding steroid dienone is 4. The fourth-order valence-corrected chi connectivity index (χ4v) is 4.08. The molecule has 0 nitrogen and oxygen atoms in total. The Labute approximate surface area is 239 Å². The van der Waals surface area contributed by atoms with Crippen molar-refractivity contribution in [3.8, 4) is 23.3 Å². The monoisotopic (exact) mass is 576 g/mol. The molecule has 0 bridgehead atoms. The van der Waals surface area contributed by atoms with Crippen LogP contribution in [0.4, 0.5) is 0 Å². The first-order valence-electron chi connectivity index (χ1n) is 12.1. The van der Waals surface area contributed by atoms with Gasteiger partial charge in [-0.1, -0.05) is 86.2 Å². The predicted molar refractivity (Wildman–Crippen MR) is 159 cm³/mol. The van der Waals surface area contributed by atoms with Gasteiger partial charge in [-0.05, 0) is 8.07 Å². The van der Waals surface area contributed by atoms with Gasteiger partial charge in [0.05, 0.1) is 0 Å². The second-order valence-corrected chi connectivity index (χ2v) is 22.2. The van der Waals surface area contributed by atoms with Crippen molar-refractivity contribution < 1.29 is 26.2 Å². The van der Waals surface area contributed by atoms with E-state index in [0.29, 0.717) is 0 Å². The molecule has 2 aromatic rings. The van der Waals surface area contributed by atoms with Gasteiger partial charge in [0.15, 0.2) is 0 Å². The van der Waals surface area contributed by atoms with E-state index in [1.807, 2.05) is 60.7 Å². The van der Waals surface area contributed by atoms with E-state index < -0.39 is 16.1 Å². The molecule has 0 spiro atoms. The van der Waals surface area contributed by atoms with Crippen molar-refractivity contribution in [2.24, 2.45) is 10.8 Å². The molecule has 35 heavy (non-hydrogen) atoms. The summed E-state index contributed by atoms with van der Waals surface area (Å²) in [6.45, 7) is 26.7. The zero-order valence-corrected chi connectivity index (χ0v) is 28.7. The van der Waals surface area contributed by atoms with Crippen molar-refractivity contribution in [1.29, 1.82) is 0 Å². The molecular formula is C32H46Si2Zr. The number of hydrogen-bond acceptors (Lipinski definition) is 0. The van der Waals surface area contributed by atoms with Gasteiger partial charge in [0.1, 0.15) is 0 Å². The second kappa shape index (κ2) is 16.4. The fraction of sp³-hybridized carbons (Fsp3) is 0.438. The van der Waals surface area contributed by atoms with Crippen LogP contribution in [0.1, 0.15) is 41.5 Å². The van der Waals surface area contributed by atoms with E-state index in [0.717, 1.165) is 5.57 Å². The Morgan fingerprint density at radius 2 is 1.17 bits per heavy atom. The summed E-state index contributed by atoms with van der Waals surface area (Å²) in [4.78, 5) is 0. The summed E-state index contributed by atoms with van der Waals surface area (Å²) in [6, 6.07) is 20.0. The van der Waals surface area contributed by atoms with Gasteiger partial charge < -0.3 is 0 Å². The summed E-state index contributed by atoms with van der Waals surface area (Å²) >= 11 is 0. The molecule has 0 heterocycles. The molecule has 0 atom stereocenters. The second-order valence-electron chi connectivity index (χ2n) is 12.4. The first-order valence-corrected chi connectivity index (χ1v) is 19.1. The maximum atomic E-state index is 3.60. The van der Waals surface area contributed by atoms with E-state index in [4.69, 9.17) is 0 Å². The minimum absolute atomic E-state index is 0. The normalized spacial score (nSPS) is 12.2. The molecule has 0 N–H and O–H groups in total. The van der Waals surface area contributed by atoms with Crippen LogP contribution in [0, 0.1) is 46.3 Å². The van der Waals surface area contributed by atoms with Crippen molar-refractivity contribution in [2.75, 3.05) is 0 Å². The number of rotatable bonds is 2. The SMILES string of the molecule is CC(C)(C)C#CC(=[C-]C(C)(C)C)C(=[C-]C#C[Si](C)(C)C)[Si](C)(C)C.[Zr+4].c1cc[cH-]c1.c1cc[cH-]c1. The third-order valence-electron chi connectivity index (χ3n) is 3.80. The average Bonchev–Trinajstić information content (AvgIpc) is 3.37. The van der Waals surface area contributed by atoms with Crippen LogP contribution >= 0.6 is 0 Å². The Bertz CT molecular complexity index is 909. The minimum atomic E-state index is -1.63. The van der Waals surface area contributed by atoms with Crippen molar-refractivity contribution in [3.63, 3.8) is 0 Å². The summed E-state index contributed by atoms with van der Waals surface area (Å²) in [5.41, 5.74) is 4.34. The summed E-state index contributed by atoms with van der Waals surface area (Å²) in [5.74, 6) is 10.0. The van der Waals surface area contributed by atoms with Crippen LogP contribution in [0.25, 0.3) is 0 Å². The van der Waals surface area contributed by atoms with Crippen LogP contribution in [-0.2, 0) is 26.2 Å². The Morgan fingerprint density at radius 3 is 1.43 bits per heavy atom. The standard InChI is InChI=1S/C22H36Si2.2C5H5.Zr/c1-21(2,3)16-15-19(18-22(4,5)6)20(24(10,11)12)14-13-17-23(7,8)9;2*1-2-4-5-3-1;/h1-12H3;2*1-5H;/q-2;2*-1;+4. The molecule has 0 aliphatic heterocycles. The van der Waals surface area contributed by atoms with Gasteiger partial charge in [0.2, 0.25) is 0 Å². The minimum Gasteiger partial charge on any atom is -0.299 e. The summed E-state index contributed by atoms with van der Waals surface area (Å²) in [6.07, 6.45) is 7.03. The van der Waals surface area contributed by atoms with Crippen LogP contribution in [0.5, 0.6) is 0 Å². The van der Waals surface area contributed by atoms with Gasteiger partial charge in [0, 0.05) is 13.5 Å². The molecule has 0 fully saturated rings. The molecule has 186 valence electrons. The first-order chi connectivity index (χ1) is 15.4. The van der Waals surface area contributed by atoms with Crippen LogP contribution in [0.3, 0.4) is 0 Å². The van der Waals surface area contributed by atoms with Crippen molar-refractivity contribution in [2.45, 2.75) is 80.8 Å². The molecule has 0 unspecified atom stereocenters. The van der Waals surface area contributed by atoms with E-state index in [1.165, 1.54) is 5.20 Å². The third kappa shape index (κ3) is 22.8. The molecule has 0 amide bonds. The summed E-state index contributed by atoms with van der Waals surface area (Å²) in [5, 5.41) is 1.19. The largest absolute Gasteiger partial charge is 4.00 e. The molecule has 0 radical (unpaired) electrons. The van der Waals surface area contributed by atoms with Gasteiger partial charge >= 0.3 is 26.2 Å². The molecule has 2 rings (SSSR count). The molecule has 3 heteroatoms. The van der Waals surface area contributed by atoms with Crippen LogP contribution in [0.2, 0.25) is 39.3 Å². The Hall–Kier alpha value is -1.38. The van der Waals surface area contributed by atoms with E-state index in [2.05, 4.69) is 116 Å². The maximum Gasteiger partial charge on any atom is 4.00 e. The van der Waals surface area contributed by atoms with E-state index in [-0.39, 0.29) is 37.0 Å². The average molecular weight is 578 g/mol. The maximum absolute atomic E-state index is 3.60. The molecule has 0 saturated carbocycles. The van der Waals surface area contributed by atoms with Crippen molar-refractivity contribution >= 4 is 16.1 Å². The van der Waals surface area contributed by atoms with Crippen LogP contribution < -0.4 is 0 Å². The fourth-order valence-electron chi connectivity index (χ4n) is 2.33. The summed E-state index contributed by atoms with van der Waals surface area (Å²) < 4.78 is 0. The van der Waals surface area contributed by atoms with Gasteiger partial charge in [-0.25, -0.2) is 30.2 Å². The van der Waals surface area contributed by atoms with Gasteiger partial charge in [-0.3, -0.25) is 28.3 Å². The van der Waals surface area contributed by atoms with Crippen molar-refractivity contribution in [3.05, 3.63) is 83.6 Å². The molecule has 2 aromatic carbocycles. The zero-order valence-electron chi connectivity index (χ0n) is 24.3.